The Morgan fingerprint density at radius 1 is 1.36 bits per heavy atom. The average Bonchev–Trinajstić information content (AvgIpc) is 2.88. The van der Waals surface area contributed by atoms with Gasteiger partial charge in [0.25, 0.3) is 0 Å². The standard InChI is InChI=1S/C14H26/c1-7-11-13(6)9-14(11,13)12(5,8-2)10(3)4/h10-11H,7-9H2,1-6H3. The summed E-state index contributed by atoms with van der Waals surface area (Å²) < 4.78 is 0. The van der Waals surface area contributed by atoms with Crippen molar-refractivity contribution in [3.8, 4) is 0 Å². The molecule has 2 fully saturated rings. The van der Waals surface area contributed by atoms with Gasteiger partial charge in [-0.2, -0.15) is 0 Å². The molecule has 4 unspecified atom stereocenters. The van der Waals surface area contributed by atoms with Gasteiger partial charge in [-0.15, -0.1) is 0 Å². The Morgan fingerprint density at radius 3 is 2.14 bits per heavy atom. The van der Waals surface area contributed by atoms with E-state index in [1.165, 1.54) is 19.3 Å². The van der Waals surface area contributed by atoms with Gasteiger partial charge in [-0.3, -0.25) is 0 Å². The number of rotatable bonds is 4. The third-order valence-corrected chi connectivity index (χ3v) is 6.26. The van der Waals surface area contributed by atoms with Crippen LogP contribution in [0.3, 0.4) is 0 Å². The van der Waals surface area contributed by atoms with Crippen LogP contribution in [0, 0.1) is 28.1 Å². The maximum absolute atomic E-state index is 2.54. The van der Waals surface area contributed by atoms with E-state index in [0.29, 0.717) is 5.41 Å². The predicted octanol–water partition coefficient (Wildman–Crippen LogP) is 4.49. The van der Waals surface area contributed by atoms with Crippen LogP contribution < -0.4 is 0 Å². The van der Waals surface area contributed by atoms with Crippen LogP contribution in [0.2, 0.25) is 0 Å². The van der Waals surface area contributed by atoms with Gasteiger partial charge in [0.2, 0.25) is 0 Å². The van der Waals surface area contributed by atoms with E-state index in [-0.39, 0.29) is 0 Å². The minimum absolute atomic E-state index is 0.600. The second-order valence-corrected chi connectivity index (χ2v) is 6.45. The van der Waals surface area contributed by atoms with Crippen molar-refractivity contribution in [3.63, 3.8) is 0 Å². The smallest absolute Gasteiger partial charge is 0.0145 e. The second-order valence-electron chi connectivity index (χ2n) is 6.45. The van der Waals surface area contributed by atoms with E-state index in [2.05, 4.69) is 41.5 Å². The quantitative estimate of drug-likeness (QED) is 0.618. The lowest BCUT2D eigenvalue weighted by Gasteiger charge is -2.38. The molecular weight excluding hydrogens is 168 g/mol. The molecule has 0 heterocycles. The van der Waals surface area contributed by atoms with E-state index in [9.17, 15) is 0 Å². The van der Waals surface area contributed by atoms with Gasteiger partial charge in [0.05, 0.1) is 0 Å². The molecule has 0 radical (unpaired) electrons. The van der Waals surface area contributed by atoms with E-state index in [1.807, 2.05) is 0 Å². The fraction of sp³-hybridized carbons (Fsp3) is 1.00. The van der Waals surface area contributed by atoms with E-state index in [1.54, 1.807) is 0 Å². The fourth-order valence-electron chi connectivity index (χ4n) is 4.80. The van der Waals surface area contributed by atoms with Crippen LogP contribution in [0.15, 0.2) is 0 Å². The SMILES string of the molecule is CCC1C2(C)CC12C(C)(CC)C(C)C. The summed E-state index contributed by atoms with van der Waals surface area (Å²) in [4.78, 5) is 0. The van der Waals surface area contributed by atoms with Gasteiger partial charge in [-0.05, 0) is 40.9 Å². The lowest BCUT2D eigenvalue weighted by molar-refractivity contribution is 0.107. The lowest BCUT2D eigenvalue weighted by Crippen LogP contribution is -2.31. The van der Waals surface area contributed by atoms with Gasteiger partial charge >= 0.3 is 0 Å². The van der Waals surface area contributed by atoms with Gasteiger partial charge in [-0.1, -0.05) is 48.0 Å². The van der Waals surface area contributed by atoms with Gasteiger partial charge in [-0.25, -0.2) is 0 Å². The zero-order chi connectivity index (χ0) is 10.8. The normalized spacial score (nSPS) is 48.6. The molecule has 0 saturated heterocycles. The highest BCUT2D eigenvalue weighted by Crippen LogP contribution is 2.96. The Balaban J connectivity index is 2.24. The first-order valence-corrected chi connectivity index (χ1v) is 6.40. The number of hydrogen-bond donors (Lipinski definition) is 0. The molecule has 2 aliphatic rings. The minimum atomic E-state index is 0.600. The molecule has 0 aromatic carbocycles. The Morgan fingerprint density at radius 2 is 1.93 bits per heavy atom. The maximum Gasteiger partial charge on any atom is -0.0145 e. The van der Waals surface area contributed by atoms with Crippen LogP contribution in [0.5, 0.6) is 0 Å². The zero-order valence-electron chi connectivity index (χ0n) is 10.8. The molecule has 0 bridgehead atoms. The average molecular weight is 194 g/mol. The molecule has 4 atom stereocenters. The second kappa shape index (κ2) is 2.57. The van der Waals surface area contributed by atoms with E-state index < -0.39 is 0 Å². The van der Waals surface area contributed by atoms with Crippen molar-refractivity contribution in [1.29, 1.82) is 0 Å². The lowest BCUT2D eigenvalue weighted by atomic mass is 9.67. The van der Waals surface area contributed by atoms with E-state index >= 15 is 0 Å². The first-order valence-electron chi connectivity index (χ1n) is 6.40. The first kappa shape index (κ1) is 10.5. The van der Waals surface area contributed by atoms with Crippen molar-refractivity contribution in [2.24, 2.45) is 28.1 Å². The largest absolute Gasteiger partial charge is 0.0651 e. The topological polar surface area (TPSA) is 0 Å². The molecule has 0 N–H and O–H groups in total. The molecule has 14 heavy (non-hydrogen) atoms. The van der Waals surface area contributed by atoms with Crippen LogP contribution in [-0.4, -0.2) is 0 Å². The Kier molecular flexibility index (Phi) is 1.93. The molecule has 0 aromatic rings. The van der Waals surface area contributed by atoms with Crippen LogP contribution in [0.25, 0.3) is 0 Å². The summed E-state index contributed by atoms with van der Waals surface area (Å²) in [6.45, 7) is 14.7. The number of hydrogen-bond acceptors (Lipinski definition) is 0. The molecule has 2 rings (SSSR count). The van der Waals surface area contributed by atoms with Crippen molar-refractivity contribution in [3.05, 3.63) is 0 Å². The summed E-state index contributed by atoms with van der Waals surface area (Å²) in [5.74, 6) is 1.88. The zero-order valence-corrected chi connectivity index (χ0v) is 10.8. The summed E-state index contributed by atoms with van der Waals surface area (Å²) in [6, 6.07) is 0. The van der Waals surface area contributed by atoms with Crippen LogP contribution >= 0.6 is 0 Å². The number of fused-ring (bicyclic) bond motifs is 1. The van der Waals surface area contributed by atoms with Gasteiger partial charge in [0, 0.05) is 0 Å². The molecule has 2 saturated carbocycles. The summed E-state index contributed by atoms with van der Waals surface area (Å²) in [7, 11) is 0. The maximum atomic E-state index is 2.54. The first-order chi connectivity index (χ1) is 6.40. The molecule has 0 nitrogen and oxygen atoms in total. The van der Waals surface area contributed by atoms with Crippen LogP contribution in [0.1, 0.15) is 60.8 Å². The monoisotopic (exact) mass is 194 g/mol. The van der Waals surface area contributed by atoms with Gasteiger partial charge < -0.3 is 0 Å². The van der Waals surface area contributed by atoms with Crippen LogP contribution in [-0.2, 0) is 0 Å². The Bertz CT molecular complexity index is 255. The minimum Gasteiger partial charge on any atom is -0.0651 e. The van der Waals surface area contributed by atoms with E-state index in [4.69, 9.17) is 0 Å². The van der Waals surface area contributed by atoms with E-state index in [0.717, 1.165) is 22.7 Å². The molecule has 82 valence electrons. The predicted molar refractivity (Wildman–Crippen MR) is 62.2 cm³/mol. The molecule has 2 aliphatic carbocycles. The highest BCUT2D eigenvalue weighted by molar-refractivity contribution is 5.38. The Labute approximate surface area is 89.5 Å². The van der Waals surface area contributed by atoms with Crippen molar-refractivity contribution in [2.75, 3.05) is 0 Å². The van der Waals surface area contributed by atoms with Crippen molar-refractivity contribution < 1.29 is 0 Å². The highest BCUT2D eigenvalue weighted by Gasteiger charge is 2.91. The summed E-state index contributed by atoms with van der Waals surface area (Å²) >= 11 is 0. The molecule has 0 spiro atoms. The van der Waals surface area contributed by atoms with Crippen molar-refractivity contribution in [2.45, 2.75) is 60.8 Å². The van der Waals surface area contributed by atoms with Gasteiger partial charge in [0.1, 0.15) is 0 Å². The highest BCUT2D eigenvalue weighted by atomic mass is 14.9. The van der Waals surface area contributed by atoms with Gasteiger partial charge in [0.15, 0.2) is 0 Å². The van der Waals surface area contributed by atoms with Crippen LogP contribution in [0.4, 0.5) is 0 Å². The third-order valence-electron chi connectivity index (χ3n) is 6.26. The summed E-state index contributed by atoms with van der Waals surface area (Å²) in [5, 5.41) is 0. The molecule has 0 aliphatic heterocycles. The third kappa shape index (κ3) is 0.785. The molecule has 0 heteroatoms. The Hall–Kier alpha value is 0. The molecule has 0 aromatic heterocycles. The summed E-state index contributed by atoms with van der Waals surface area (Å²) in [5.41, 5.74) is 2.09. The van der Waals surface area contributed by atoms with Crippen molar-refractivity contribution >= 4 is 0 Å². The molecular formula is C14H26. The van der Waals surface area contributed by atoms with Crippen molar-refractivity contribution in [1.82, 2.24) is 0 Å². The molecule has 0 amide bonds. The fourth-order valence-corrected chi connectivity index (χ4v) is 4.80. The summed E-state index contributed by atoms with van der Waals surface area (Å²) in [6.07, 6.45) is 4.27.